The number of carbonyl (C=O) groups is 1. The van der Waals surface area contributed by atoms with Crippen LogP contribution in [0.25, 0.3) is 0 Å². The largest absolute Gasteiger partial charge is 0.465 e. The van der Waals surface area contributed by atoms with Gasteiger partial charge >= 0.3 is 5.97 Å². The number of esters is 1. The molecule has 20 heavy (non-hydrogen) atoms. The Morgan fingerprint density at radius 3 is 2.50 bits per heavy atom. The first-order valence-electron chi connectivity index (χ1n) is 6.24. The SMILES string of the molecule is COC(=O)c1ccc(/C=N/Nc2ccccc2C)cc1. The third kappa shape index (κ3) is 3.45. The van der Waals surface area contributed by atoms with Crippen molar-refractivity contribution in [3.63, 3.8) is 0 Å². The second-order valence-corrected chi connectivity index (χ2v) is 4.30. The predicted molar refractivity (Wildman–Crippen MR) is 80.2 cm³/mol. The molecule has 0 aliphatic heterocycles. The van der Waals surface area contributed by atoms with Crippen molar-refractivity contribution >= 4 is 17.9 Å². The van der Waals surface area contributed by atoms with Crippen LogP contribution in [0.2, 0.25) is 0 Å². The Morgan fingerprint density at radius 2 is 1.85 bits per heavy atom. The molecule has 2 aromatic rings. The first-order valence-corrected chi connectivity index (χ1v) is 6.24. The zero-order valence-corrected chi connectivity index (χ0v) is 11.5. The van der Waals surface area contributed by atoms with Gasteiger partial charge in [-0.25, -0.2) is 4.79 Å². The topological polar surface area (TPSA) is 50.7 Å². The van der Waals surface area contributed by atoms with E-state index < -0.39 is 0 Å². The number of ether oxygens (including phenoxy) is 1. The molecule has 0 aliphatic carbocycles. The molecule has 0 aromatic heterocycles. The Bertz CT molecular complexity index is 619. The Morgan fingerprint density at radius 1 is 1.15 bits per heavy atom. The number of rotatable bonds is 4. The molecule has 4 heteroatoms. The number of aryl methyl sites for hydroxylation is 1. The molecule has 2 aromatic carbocycles. The Labute approximate surface area is 118 Å². The van der Waals surface area contributed by atoms with Crippen LogP contribution in [0.4, 0.5) is 5.69 Å². The minimum absolute atomic E-state index is 0.341. The number of nitrogens with one attached hydrogen (secondary N) is 1. The minimum Gasteiger partial charge on any atom is -0.465 e. The molecule has 2 rings (SSSR count). The third-order valence-electron chi connectivity index (χ3n) is 2.88. The fourth-order valence-electron chi connectivity index (χ4n) is 1.70. The van der Waals surface area contributed by atoms with Crippen LogP contribution >= 0.6 is 0 Å². The highest BCUT2D eigenvalue weighted by atomic mass is 16.5. The number of anilines is 1. The van der Waals surface area contributed by atoms with E-state index in [1.165, 1.54) is 7.11 Å². The molecule has 0 unspecified atom stereocenters. The summed E-state index contributed by atoms with van der Waals surface area (Å²) in [6.45, 7) is 2.02. The van der Waals surface area contributed by atoms with Gasteiger partial charge in [0.05, 0.1) is 24.6 Å². The lowest BCUT2D eigenvalue weighted by Crippen LogP contribution is -2.00. The highest BCUT2D eigenvalue weighted by molar-refractivity contribution is 5.90. The number of hydrogen-bond acceptors (Lipinski definition) is 4. The van der Waals surface area contributed by atoms with Crippen molar-refractivity contribution in [3.05, 3.63) is 65.2 Å². The molecule has 0 aliphatic rings. The minimum atomic E-state index is -0.341. The van der Waals surface area contributed by atoms with Gasteiger partial charge in [0, 0.05) is 0 Å². The van der Waals surface area contributed by atoms with Gasteiger partial charge in [0.25, 0.3) is 0 Å². The fraction of sp³-hybridized carbons (Fsp3) is 0.125. The van der Waals surface area contributed by atoms with E-state index in [2.05, 4.69) is 15.3 Å². The first kappa shape index (κ1) is 13.8. The zero-order chi connectivity index (χ0) is 14.4. The van der Waals surface area contributed by atoms with Crippen LogP contribution in [0.5, 0.6) is 0 Å². The quantitative estimate of drug-likeness (QED) is 0.526. The van der Waals surface area contributed by atoms with E-state index in [9.17, 15) is 4.79 Å². The average molecular weight is 268 g/mol. The molecule has 0 spiro atoms. The highest BCUT2D eigenvalue weighted by Gasteiger charge is 2.03. The summed E-state index contributed by atoms with van der Waals surface area (Å²) >= 11 is 0. The van der Waals surface area contributed by atoms with Gasteiger partial charge in [0.1, 0.15) is 0 Å². The van der Waals surface area contributed by atoms with Gasteiger partial charge in [-0.1, -0.05) is 30.3 Å². The number of para-hydroxylation sites is 1. The molecule has 0 fully saturated rings. The van der Waals surface area contributed by atoms with Gasteiger partial charge in [0.15, 0.2) is 0 Å². The van der Waals surface area contributed by atoms with Crippen molar-refractivity contribution in [2.45, 2.75) is 6.92 Å². The zero-order valence-electron chi connectivity index (χ0n) is 11.5. The second kappa shape index (κ2) is 6.52. The number of nitrogens with zero attached hydrogens (tertiary/aromatic N) is 1. The molecule has 0 saturated carbocycles. The van der Waals surface area contributed by atoms with Crippen LogP contribution in [0, 0.1) is 6.92 Å². The summed E-state index contributed by atoms with van der Waals surface area (Å²) in [6, 6.07) is 15.0. The summed E-state index contributed by atoms with van der Waals surface area (Å²) in [6.07, 6.45) is 1.70. The number of methoxy groups -OCH3 is 1. The summed E-state index contributed by atoms with van der Waals surface area (Å²) in [5, 5.41) is 4.18. The van der Waals surface area contributed by atoms with E-state index in [0.717, 1.165) is 16.8 Å². The van der Waals surface area contributed by atoms with E-state index >= 15 is 0 Å². The van der Waals surface area contributed by atoms with Crippen molar-refractivity contribution in [2.24, 2.45) is 5.10 Å². The van der Waals surface area contributed by atoms with Gasteiger partial charge in [-0.15, -0.1) is 0 Å². The van der Waals surface area contributed by atoms with Gasteiger partial charge in [-0.2, -0.15) is 5.10 Å². The molecule has 0 atom stereocenters. The summed E-state index contributed by atoms with van der Waals surface area (Å²) in [7, 11) is 1.36. The molecule has 102 valence electrons. The maximum absolute atomic E-state index is 11.3. The summed E-state index contributed by atoms with van der Waals surface area (Å²) in [5.74, 6) is -0.341. The molecule has 0 bridgehead atoms. The smallest absolute Gasteiger partial charge is 0.337 e. The van der Waals surface area contributed by atoms with E-state index in [1.807, 2.05) is 43.3 Å². The van der Waals surface area contributed by atoms with Crippen LogP contribution in [-0.4, -0.2) is 19.3 Å². The lowest BCUT2D eigenvalue weighted by molar-refractivity contribution is 0.0601. The second-order valence-electron chi connectivity index (χ2n) is 4.30. The molecular weight excluding hydrogens is 252 g/mol. The highest BCUT2D eigenvalue weighted by Crippen LogP contribution is 2.12. The molecule has 0 heterocycles. The summed E-state index contributed by atoms with van der Waals surface area (Å²) in [4.78, 5) is 11.3. The summed E-state index contributed by atoms with van der Waals surface area (Å²) in [5.41, 5.74) is 6.51. The van der Waals surface area contributed by atoms with Crippen LogP contribution in [0.3, 0.4) is 0 Å². The van der Waals surface area contributed by atoms with Gasteiger partial charge in [-0.05, 0) is 36.2 Å². The van der Waals surface area contributed by atoms with Crippen molar-refractivity contribution in [1.29, 1.82) is 0 Å². The number of benzene rings is 2. The van der Waals surface area contributed by atoms with Gasteiger partial charge in [0.2, 0.25) is 0 Å². The van der Waals surface area contributed by atoms with E-state index in [1.54, 1.807) is 18.3 Å². The van der Waals surface area contributed by atoms with Crippen LogP contribution in [0.1, 0.15) is 21.5 Å². The number of hydrogen-bond donors (Lipinski definition) is 1. The molecule has 4 nitrogen and oxygen atoms in total. The van der Waals surface area contributed by atoms with Crippen LogP contribution in [0.15, 0.2) is 53.6 Å². The van der Waals surface area contributed by atoms with Crippen molar-refractivity contribution in [3.8, 4) is 0 Å². The van der Waals surface area contributed by atoms with Gasteiger partial charge < -0.3 is 4.74 Å². The normalized spacial score (nSPS) is 10.5. The molecule has 0 saturated heterocycles. The molecular formula is C16H16N2O2. The average Bonchev–Trinajstić information content (AvgIpc) is 2.49. The van der Waals surface area contributed by atoms with E-state index in [0.29, 0.717) is 5.56 Å². The number of hydrazone groups is 1. The van der Waals surface area contributed by atoms with Crippen molar-refractivity contribution < 1.29 is 9.53 Å². The van der Waals surface area contributed by atoms with E-state index in [4.69, 9.17) is 0 Å². The van der Waals surface area contributed by atoms with Crippen molar-refractivity contribution in [2.75, 3.05) is 12.5 Å². The van der Waals surface area contributed by atoms with Crippen LogP contribution in [-0.2, 0) is 4.74 Å². The Hall–Kier alpha value is -2.62. The number of carbonyl (C=O) groups excluding carboxylic acids is 1. The maximum Gasteiger partial charge on any atom is 0.337 e. The van der Waals surface area contributed by atoms with E-state index in [-0.39, 0.29) is 5.97 Å². The van der Waals surface area contributed by atoms with Gasteiger partial charge in [-0.3, -0.25) is 5.43 Å². The van der Waals surface area contributed by atoms with Crippen LogP contribution < -0.4 is 5.43 Å². The molecule has 0 radical (unpaired) electrons. The monoisotopic (exact) mass is 268 g/mol. The fourth-order valence-corrected chi connectivity index (χ4v) is 1.70. The Kier molecular flexibility index (Phi) is 4.50. The predicted octanol–water partition coefficient (Wildman–Crippen LogP) is 3.23. The first-order chi connectivity index (χ1) is 9.70. The summed E-state index contributed by atoms with van der Waals surface area (Å²) < 4.78 is 4.64. The lowest BCUT2D eigenvalue weighted by atomic mass is 10.1. The third-order valence-corrected chi connectivity index (χ3v) is 2.88. The standard InChI is InChI=1S/C16H16N2O2/c1-12-5-3-4-6-15(12)18-17-11-13-7-9-14(10-8-13)16(19)20-2/h3-11,18H,1-2H3/b17-11+. The van der Waals surface area contributed by atoms with Crippen molar-refractivity contribution in [1.82, 2.24) is 0 Å². The maximum atomic E-state index is 11.3. The molecule has 1 N–H and O–H groups in total. The molecule has 0 amide bonds. The lowest BCUT2D eigenvalue weighted by Gasteiger charge is -2.03. The Balaban J connectivity index is 2.01.